The molecule has 0 saturated carbocycles. The average molecular weight is 283 g/mol. The molecule has 5 heteroatoms. The minimum atomic E-state index is 0.247. The molecule has 0 aliphatic rings. The van der Waals surface area contributed by atoms with Gasteiger partial charge in [0.25, 0.3) is 0 Å². The van der Waals surface area contributed by atoms with Crippen LogP contribution in [0.25, 0.3) is 11.1 Å². The molecule has 0 radical (unpaired) electrons. The molecule has 0 bridgehead atoms. The molecule has 108 valence electrons. The van der Waals surface area contributed by atoms with E-state index in [0.717, 1.165) is 23.3 Å². The Balaban J connectivity index is 1.88. The predicted octanol–water partition coefficient (Wildman–Crippen LogP) is 3.14. The van der Waals surface area contributed by atoms with Crippen LogP contribution >= 0.6 is 0 Å². The van der Waals surface area contributed by atoms with E-state index in [-0.39, 0.29) is 5.75 Å². The molecule has 1 aromatic heterocycles. The largest absolute Gasteiger partial charge is 0.508 e. The van der Waals surface area contributed by atoms with Crippen LogP contribution in [0.2, 0.25) is 0 Å². The molecular weight excluding hydrogens is 266 g/mol. The summed E-state index contributed by atoms with van der Waals surface area (Å²) in [4.78, 5) is 6.54. The van der Waals surface area contributed by atoms with Crippen LogP contribution in [-0.2, 0) is 6.54 Å². The van der Waals surface area contributed by atoms with E-state index in [1.807, 2.05) is 25.1 Å². The van der Waals surface area contributed by atoms with Crippen molar-refractivity contribution < 1.29 is 9.52 Å². The Bertz CT molecular complexity index is 767. The highest BCUT2D eigenvalue weighted by molar-refractivity contribution is 5.76. The number of hydrogen-bond donors (Lipinski definition) is 2. The molecule has 1 heterocycles. The predicted molar refractivity (Wildman–Crippen MR) is 83.3 cm³/mol. The summed E-state index contributed by atoms with van der Waals surface area (Å²) in [5.41, 5.74) is 8.84. The number of phenols is 1. The topological polar surface area (TPSA) is 75.5 Å². The smallest absolute Gasteiger partial charge is 0.215 e. The number of phenolic OH excluding ortho intramolecular Hbond substituents is 1. The Morgan fingerprint density at radius 3 is 2.86 bits per heavy atom. The molecular formula is C16H17N3O2. The highest BCUT2D eigenvalue weighted by atomic mass is 16.3. The lowest BCUT2D eigenvalue weighted by atomic mass is 10.2. The minimum absolute atomic E-state index is 0.247. The summed E-state index contributed by atoms with van der Waals surface area (Å²) in [5, 5.41) is 9.59. The van der Waals surface area contributed by atoms with Gasteiger partial charge in [-0.25, -0.2) is 4.98 Å². The summed E-state index contributed by atoms with van der Waals surface area (Å²) < 4.78 is 5.74. The van der Waals surface area contributed by atoms with E-state index in [9.17, 15) is 5.11 Å². The summed E-state index contributed by atoms with van der Waals surface area (Å²) in [5.74, 6) is 0.872. The lowest BCUT2D eigenvalue weighted by Gasteiger charge is -2.21. The first kappa shape index (κ1) is 13.3. The number of hydrogen-bond acceptors (Lipinski definition) is 5. The Kier molecular flexibility index (Phi) is 3.39. The third-order valence-electron chi connectivity index (χ3n) is 3.36. The average Bonchev–Trinajstić information content (AvgIpc) is 2.86. The maximum atomic E-state index is 9.59. The van der Waals surface area contributed by atoms with Gasteiger partial charge >= 0.3 is 0 Å². The van der Waals surface area contributed by atoms with Crippen LogP contribution in [0.1, 0.15) is 12.8 Å². The van der Waals surface area contributed by atoms with Crippen molar-refractivity contribution in [3.63, 3.8) is 0 Å². The molecule has 0 unspecified atom stereocenters. The van der Waals surface area contributed by atoms with E-state index in [0.29, 0.717) is 18.1 Å². The fraction of sp³-hybridized carbons (Fsp3) is 0.188. The molecule has 0 saturated heterocycles. The molecule has 2 aromatic carbocycles. The third-order valence-corrected chi connectivity index (χ3v) is 3.36. The zero-order valence-corrected chi connectivity index (χ0v) is 11.8. The maximum Gasteiger partial charge on any atom is 0.215 e. The first-order valence-electron chi connectivity index (χ1n) is 6.84. The maximum absolute atomic E-state index is 9.59. The van der Waals surface area contributed by atoms with Crippen molar-refractivity contribution in [1.82, 2.24) is 4.98 Å². The number of rotatable bonds is 4. The highest BCUT2D eigenvalue weighted by Gasteiger charge is 2.11. The fourth-order valence-corrected chi connectivity index (χ4v) is 2.30. The van der Waals surface area contributed by atoms with Crippen molar-refractivity contribution in [1.29, 1.82) is 0 Å². The molecule has 0 fully saturated rings. The lowest BCUT2D eigenvalue weighted by Crippen LogP contribution is -2.21. The number of benzene rings is 2. The second-order valence-electron chi connectivity index (χ2n) is 4.87. The Hall–Kier alpha value is -2.69. The van der Waals surface area contributed by atoms with Gasteiger partial charge in [0.1, 0.15) is 11.3 Å². The second kappa shape index (κ2) is 5.36. The second-order valence-corrected chi connectivity index (χ2v) is 4.87. The van der Waals surface area contributed by atoms with Gasteiger partial charge in [-0.1, -0.05) is 6.07 Å². The molecule has 0 aliphatic heterocycles. The molecule has 21 heavy (non-hydrogen) atoms. The summed E-state index contributed by atoms with van der Waals surface area (Å²) in [6.07, 6.45) is 0. The molecule has 3 N–H and O–H groups in total. The number of nitrogens with two attached hydrogens (primary N) is 1. The molecule has 0 spiro atoms. The van der Waals surface area contributed by atoms with Crippen molar-refractivity contribution in [2.45, 2.75) is 13.5 Å². The third kappa shape index (κ3) is 2.76. The molecule has 0 atom stereocenters. The van der Waals surface area contributed by atoms with E-state index >= 15 is 0 Å². The van der Waals surface area contributed by atoms with Crippen LogP contribution in [0.15, 0.2) is 46.9 Å². The minimum Gasteiger partial charge on any atom is -0.508 e. The van der Waals surface area contributed by atoms with Crippen LogP contribution in [0.5, 0.6) is 5.75 Å². The standard InChI is InChI=1S/C16H17N3O2/c1-2-19(12-4-3-5-13(20)9-12)10-16-18-14-8-11(17)6-7-15(14)21-16/h3-9,20H,2,10,17H2,1H3. The fourth-order valence-electron chi connectivity index (χ4n) is 2.30. The molecule has 3 rings (SSSR count). The number of nitrogens with zero attached hydrogens (tertiary/aromatic N) is 2. The van der Waals surface area contributed by atoms with Gasteiger partial charge < -0.3 is 20.2 Å². The first-order valence-corrected chi connectivity index (χ1v) is 6.84. The van der Waals surface area contributed by atoms with Crippen LogP contribution in [0.3, 0.4) is 0 Å². The normalized spacial score (nSPS) is 10.9. The summed E-state index contributed by atoms with van der Waals surface area (Å²) in [7, 11) is 0. The van der Waals surface area contributed by atoms with E-state index in [1.54, 1.807) is 24.3 Å². The summed E-state index contributed by atoms with van der Waals surface area (Å²) >= 11 is 0. The van der Waals surface area contributed by atoms with Crippen molar-refractivity contribution in [2.75, 3.05) is 17.2 Å². The van der Waals surface area contributed by atoms with Crippen LogP contribution in [0.4, 0.5) is 11.4 Å². The van der Waals surface area contributed by atoms with Gasteiger partial charge in [-0.2, -0.15) is 0 Å². The SMILES string of the molecule is CCN(Cc1nc2cc(N)ccc2o1)c1cccc(O)c1. The van der Waals surface area contributed by atoms with E-state index in [2.05, 4.69) is 9.88 Å². The van der Waals surface area contributed by atoms with Gasteiger partial charge in [0, 0.05) is 24.0 Å². The molecule has 3 aromatic rings. The quantitative estimate of drug-likeness (QED) is 0.719. The number of anilines is 2. The van der Waals surface area contributed by atoms with Crippen LogP contribution < -0.4 is 10.6 Å². The zero-order valence-electron chi connectivity index (χ0n) is 11.8. The molecule has 0 aliphatic carbocycles. The molecule has 5 nitrogen and oxygen atoms in total. The van der Waals surface area contributed by atoms with Gasteiger partial charge in [-0.05, 0) is 37.3 Å². The number of aromatic nitrogens is 1. The van der Waals surface area contributed by atoms with E-state index < -0.39 is 0 Å². The van der Waals surface area contributed by atoms with E-state index in [1.165, 1.54) is 0 Å². The Morgan fingerprint density at radius 2 is 2.10 bits per heavy atom. The highest BCUT2D eigenvalue weighted by Crippen LogP contribution is 2.23. The van der Waals surface area contributed by atoms with Gasteiger partial charge in [0.15, 0.2) is 5.58 Å². The lowest BCUT2D eigenvalue weighted by molar-refractivity contribution is 0.474. The van der Waals surface area contributed by atoms with Crippen molar-refractivity contribution in [3.05, 3.63) is 48.4 Å². The van der Waals surface area contributed by atoms with Crippen molar-refractivity contribution >= 4 is 22.5 Å². The Labute approximate surface area is 122 Å². The van der Waals surface area contributed by atoms with Gasteiger partial charge in [0.2, 0.25) is 5.89 Å². The monoisotopic (exact) mass is 283 g/mol. The van der Waals surface area contributed by atoms with Crippen molar-refractivity contribution in [2.24, 2.45) is 0 Å². The van der Waals surface area contributed by atoms with Crippen LogP contribution in [0, 0.1) is 0 Å². The number of nitrogen functional groups attached to an aromatic ring is 1. The van der Waals surface area contributed by atoms with E-state index in [4.69, 9.17) is 10.2 Å². The van der Waals surface area contributed by atoms with Gasteiger partial charge in [-0.3, -0.25) is 0 Å². The van der Waals surface area contributed by atoms with Crippen LogP contribution in [-0.4, -0.2) is 16.6 Å². The number of oxazole rings is 1. The van der Waals surface area contributed by atoms with Gasteiger partial charge in [0.05, 0.1) is 6.54 Å². The number of aromatic hydroxyl groups is 1. The summed E-state index contributed by atoms with van der Waals surface area (Å²) in [6.45, 7) is 3.36. The number of fused-ring (bicyclic) bond motifs is 1. The Morgan fingerprint density at radius 1 is 1.24 bits per heavy atom. The van der Waals surface area contributed by atoms with Gasteiger partial charge in [-0.15, -0.1) is 0 Å². The zero-order chi connectivity index (χ0) is 14.8. The van der Waals surface area contributed by atoms with Crippen molar-refractivity contribution in [3.8, 4) is 5.75 Å². The summed E-state index contributed by atoms with van der Waals surface area (Å²) in [6, 6.07) is 12.6. The molecule has 0 amide bonds. The first-order chi connectivity index (χ1) is 10.2.